The van der Waals surface area contributed by atoms with Crippen LogP contribution in [0.4, 0.5) is 0 Å². The van der Waals surface area contributed by atoms with Gasteiger partial charge in [-0.1, -0.05) is 6.07 Å². The number of aromatic nitrogens is 1. The van der Waals surface area contributed by atoms with Crippen LogP contribution in [0.25, 0.3) is 0 Å². The maximum Gasteiger partial charge on any atom is 0.283 e. The molecule has 7 heteroatoms. The normalized spacial score (nSPS) is 10.8. The SMILES string of the molecule is COCCN(CCOC)Cc1cccc(C(=O)NN)n1. The Bertz CT molecular complexity index is 406. The van der Waals surface area contributed by atoms with E-state index in [-0.39, 0.29) is 0 Å². The smallest absolute Gasteiger partial charge is 0.283 e. The van der Waals surface area contributed by atoms with Crippen molar-refractivity contribution in [2.45, 2.75) is 6.54 Å². The van der Waals surface area contributed by atoms with Gasteiger partial charge in [-0.25, -0.2) is 10.8 Å². The Morgan fingerprint density at radius 1 is 1.30 bits per heavy atom. The summed E-state index contributed by atoms with van der Waals surface area (Å²) in [5.74, 6) is 4.71. The maximum absolute atomic E-state index is 11.4. The third-order valence-corrected chi connectivity index (χ3v) is 2.78. The van der Waals surface area contributed by atoms with Crippen LogP contribution < -0.4 is 11.3 Å². The van der Waals surface area contributed by atoms with Crippen molar-refractivity contribution in [2.24, 2.45) is 5.84 Å². The van der Waals surface area contributed by atoms with E-state index >= 15 is 0 Å². The predicted octanol–water partition coefficient (Wildman–Crippen LogP) is -0.220. The lowest BCUT2D eigenvalue weighted by molar-refractivity contribution is 0.0946. The average molecular weight is 282 g/mol. The van der Waals surface area contributed by atoms with E-state index in [2.05, 4.69) is 15.3 Å². The third kappa shape index (κ3) is 5.62. The number of nitrogens with two attached hydrogens (primary N) is 1. The van der Waals surface area contributed by atoms with Gasteiger partial charge < -0.3 is 9.47 Å². The molecule has 0 aromatic carbocycles. The summed E-state index contributed by atoms with van der Waals surface area (Å²) in [6, 6.07) is 5.29. The predicted molar refractivity (Wildman–Crippen MR) is 74.9 cm³/mol. The van der Waals surface area contributed by atoms with E-state index < -0.39 is 5.91 Å². The number of nitrogens with one attached hydrogen (secondary N) is 1. The molecule has 1 aromatic heterocycles. The number of methoxy groups -OCH3 is 2. The Balaban J connectivity index is 2.68. The zero-order valence-electron chi connectivity index (χ0n) is 12.0. The lowest BCUT2D eigenvalue weighted by atomic mass is 10.2. The van der Waals surface area contributed by atoms with Gasteiger partial charge >= 0.3 is 0 Å². The molecule has 112 valence electrons. The fraction of sp³-hybridized carbons (Fsp3) is 0.538. The second-order valence-electron chi connectivity index (χ2n) is 4.25. The molecule has 0 aliphatic carbocycles. The van der Waals surface area contributed by atoms with E-state index in [1.165, 1.54) is 0 Å². The van der Waals surface area contributed by atoms with Gasteiger partial charge in [-0.3, -0.25) is 15.1 Å². The van der Waals surface area contributed by atoms with Crippen LogP contribution in [0.15, 0.2) is 18.2 Å². The first-order valence-corrected chi connectivity index (χ1v) is 6.38. The van der Waals surface area contributed by atoms with E-state index in [1.54, 1.807) is 26.4 Å². The van der Waals surface area contributed by atoms with Crippen molar-refractivity contribution >= 4 is 5.91 Å². The topological polar surface area (TPSA) is 89.7 Å². The van der Waals surface area contributed by atoms with Gasteiger partial charge in [0.25, 0.3) is 5.91 Å². The first-order valence-electron chi connectivity index (χ1n) is 6.38. The summed E-state index contributed by atoms with van der Waals surface area (Å²) in [4.78, 5) is 17.9. The number of pyridine rings is 1. The van der Waals surface area contributed by atoms with Gasteiger partial charge in [0.2, 0.25) is 0 Å². The zero-order chi connectivity index (χ0) is 14.8. The number of amides is 1. The Hall–Kier alpha value is -1.54. The third-order valence-electron chi connectivity index (χ3n) is 2.78. The van der Waals surface area contributed by atoms with Crippen molar-refractivity contribution in [3.63, 3.8) is 0 Å². The summed E-state index contributed by atoms with van der Waals surface area (Å²) in [7, 11) is 3.33. The highest BCUT2D eigenvalue weighted by atomic mass is 16.5. The zero-order valence-corrected chi connectivity index (χ0v) is 12.0. The molecule has 0 fully saturated rings. The number of ether oxygens (including phenoxy) is 2. The number of nitrogen functional groups attached to an aromatic ring is 1. The molecule has 0 saturated heterocycles. The Morgan fingerprint density at radius 3 is 2.50 bits per heavy atom. The van der Waals surface area contributed by atoms with E-state index in [0.29, 0.717) is 25.5 Å². The van der Waals surface area contributed by atoms with Crippen LogP contribution in [0.5, 0.6) is 0 Å². The van der Waals surface area contributed by atoms with Crippen molar-refractivity contribution < 1.29 is 14.3 Å². The van der Waals surface area contributed by atoms with Gasteiger partial charge in [-0.05, 0) is 12.1 Å². The Morgan fingerprint density at radius 2 is 1.95 bits per heavy atom. The number of hydrazine groups is 1. The fourth-order valence-corrected chi connectivity index (χ4v) is 1.71. The Labute approximate surface area is 119 Å². The molecule has 1 aromatic rings. The van der Waals surface area contributed by atoms with E-state index in [0.717, 1.165) is 18.8 Å². The van der Waals surface area contributed by atoms with Gasteiger partial charge in [-0.2, -0.15) is 0 Å². The molecule has 3 N–H and O–H groups in total. The van der Waals surface area contributed by atoms with E-state index in [1.807, 2.05) is 6.07 Å². The monoisotopic (exact) mass is 282 g/mol. The number of carbonyl (C=O) groups is 1. The largest absolute Gasteiger partial charge is 0.383 e. The summed E-state index contributed by atoms with van der Waals surface area (Å²) in [5.41, 5.74) is 3.19. The molecular weight excluding hydrogens is 260 g/mol. The van der Waals surface area contributed by atoms with Gasteiger partial charge in [0.1, 0.15) is 5.69 Å². The van der Waals surface area contributed by atoms with Crippen LogP contribution in [-0.4, -0.2) is 56.3 Å². The Kier molecular flexibility index (Phi) is 7.74. The highest BCUT2D eigenvalue weighted by molar-refractivity contribution is 5.91. The number of nitrogens with zero attached hydrogens (tertiary/aromatic N) is 2. The van der Waals surface area contributed by atoms with E-state index in [4.69, 9.17) is 15.3 Å². The van der Waals surface area contributed by atoms with Crippen LogP contribution in [0.1, 0.15) is 16.2 Å². The summed E-state index contributed by atoms with van der Waals surface area (Å²) in [6.07, 6.45) is 0. The number of carbonyl (C=O) groups excluding carboxylic acids is 1. The first-order chi connectivity index (χ1) is 9.71. The molecule has 0 saturated carbocycles. The van der Waals surface area contributed by atoms with Gasteiger partial charge in [-0.15, -0.1) is 0 Å². The molecular formula is C13H22N4O3. The molecule has 0 atom stereocenters. The molecule has 20 heavy (non-hydrogen) atoms. The summed E-state index contributed by atoms with van der Waals surface area (Å²) in [6.45, 7) is 3.43. The first kappa shape index (κ1) is 16.5. The molecule has 0 aliphatic rings. The molecule has 7 nitrogen and oxygen atoms in total. The lowest BCUT2D eigenvalue weighted by Crippen LogP contribution is -2.32. The highest BCUT2D eigenvalue weighted by Crippen LogP contribution is 2.04. The average Bonchev–Trinajstić information content (AvgIpc) is 2.49. The minimum atomic E-state index is -0.396. The fourth-order valence-electron chi connectivity index (χ4n) is 1.71. The van der Waals surface area contributed by atoms with Crippen LogP contribution in [0.3, 0.4) is 0 Å². The number of rotatable bonds is 9. The van der Waals surface area contributed by atoms with E-state index in [9.17, 15) is 4.79 Å². The van der Waals surface area contributed by atoms with Crippen molar-refractivity contribution in [2.75, 3.05) is 40.5 Å². The molecule has 0 unspecified atom stereocenters. The van der Waals surface area contributed by atoms with Gasteiger partial charge in [0.15, 0.2) is 0 Å². The summed E-state index contributed by atoms with van der Waals surface area (Å²) < 4.78 is 10.2. The molecule has 1 amide bonds. The summed E-state index contributed by atoms with van der Waals surface area (Å²) in [5, 5.41) is 0. The standard InChI is InChI=1S/C13H22N4O3/c1-19-8-6-17(7-9-20-2)10-11-4-3-5-12(15-11)13(18)16-14/h3-5H,6-10,14H2,1-2H3,(H,16,18). The second kappa shape index (κ2) is 9.38. The van der Waals surface area contributed by atoms with Crippen molar-refractivity contribution in [1.82, 2.24) is 15.3 Å². The molecule has 0 aliphatic heterocycles. The second-order valence-corrected chi connectivity index (χ2v) is 4.25. The highest BCUT2D eigenvalue weighted by Gasteiger charge is 2.10. The quantitative estimate of drug-likeness (QED) is 0.370. The van der Waals surface area contributed by atoms with Crippen molar-refractivity contribution in [3.05, 3.63) is 29.6 Å². The van der Waals surface area contributed by atoms with Crippen LogP contribution in [-0.2, 0) is 16.0 Å². The van der Waals surface area contributed by atoms with Crippen LogP contribution >= 0.6 is 0 Å². The number of hydrogen-bond acceptors (Lipinski definition) is 6. The molecule has 0 radical (unpaired) electrons. The minimum Gasteiger partial charge on any atom is -0.383 e. The molecule has 1 rings (SSSR count). The maximum atomic E-state index is 11.4. The van der Waals surface area contributed by atoms with Crippen LogP contribution in [0, 0.1) is 0 Å². The minimum absolute atomic E-state index is 0.309. The van der Waals surface area contributed by atoms with Gasteiger partial charge in [0, 0.05) is 33.9 Å². The molecule has 0 bridgehead atoms. The molecule has 1 heterocycles. The van der Waals surface area contributed by atoms with Gasteiger partial charge in [0.05, 0.1) is 18.9 Å². The van der Waals surface area contributed by atoms with Crippen molar-refractivity contribution in [3.8, 4) is 0 Å². The lowest BCUT2D eigenvalue weighted by Gasteiger charge is -2.21. The molecule has 0 spiro atoms. The van der Waals surface area contributed by atoms with Crippen LogP contribution in [0.2, 0.25) is 0 Å². The summed E-state index contributed by atoms with van der Waals surface area (Å²) >= 11 is 0. The number of hydrogen-bond donors (Lipinski definition) is 2. The van der Waals surface area contributed by atoms with Crippen molar-refractivity contribution in [1.29, 1.82) is 0 Å².